The summed E-state index contributed by atoms with van der Waals surface area (Å²) in [5, 5.41) is 11.6. The predicted molar refractivity (Wildman–Crippen MR) is 136 cm³/mol. The normalized spacial score (nSPS) is 13.3. The van der Waals surface area contributed by atoms with Gasteiger partial charge in [-0.15, -0.1) is 0 Å². The summed E-state index contributed by atoms with van der Waals surface area (Å²) in [7, 11) is 0. The lowest BCUT2D eigenvalue weighted by Gasteiger charge is -2.33. The second-order valence-corrected chi connectivity index (χ2v) is 9.12. The number of ether oxygens (including phenoxy) is 3. The van der Waals surface area contributed by atoms with E-state index in [1.54, 1.807) is 49.4 Å². The van der Waals surface area contributed by atoms with Gasteiger partial charge in [0.25, 0.3) is 0 Å². The van der Waals surface area contributed by atoms with Gasteiger partial charge >= 0.3 is 36.1 Å². The molecule has 0 saturated carbocycles. The molecule has 2 rings (SSSR count). The van der Waals surface area contributed by atoms with E-state index in [0.29, 0.717) is 11.1 Å². The highest BCUT2D eigenvalue weighted by atomic mass is 19.4. The molecule has 0 heterocycles. The van der Waals surface area contributed by atoms with Gasteiger partial charge in [0.15, 0.2) is 6.10 Å². The van der Waals surface area contributed by atoms with Crippen LogP contribution in [-0.4, -0.2) is 85.2 Å². The minimum atomic E-state index is -7.11. The Morgan fingerprint density at radius 1 is 0.841 bits per heavy atom. The Bertz CT molecular complexity index is 1200. The summed E-state index contributed by atoms with van der Waals surface area (Å²) in [5.74, 6) is -15.0. The summed E-state index contributed by atoms with van der Waals surface area (Å²) in [6.07, 6.45) is -14.3. The molecule has 0 radical (unpaired) electrons. The van der Waals surface area contributed by atoms with Crippen LogP contribution in [0.25, 0.3) is 0 Å². The summed E-state index contributed by atoms with van der Waals surface area (Å²) in [6.45, 7) is -1.43. The highest BCUT2D eigenvalue weighted by Crippen LogP contribution is 2.53. The third kappa shape index (κ3) is 9.64. The van der Waals surface area contributed by atoms with Gasteiger partial charge in [0, 0.05) is 26.1 Å². The van der Waals surface area contributed by atoms with Crippen molar-refractivity contribution in [1.29, 1.82) is 0 Å². The fourth-order valence-electron chi connectivity index (χ4n) is 3.56. The monoisotopic (exact) mass is 648 g/mol. The first-order chi connectivity index (χ1) is 20.4. The summed E-state index contributed by atoms with van der Waals surface area (Å²) >= 11 is 0. The van der Waals surface area contributed by atoms with E-state index >= 15 is 0 Å². The van der Waals surface area contributed by atoms with Crippen molar-refractivity contribution in [3.63, 3.8) is 0 Å². The van der Waals surface area contributed by atoms with Gasteiger partial charge in [-0.1, -0.05) is 42.5 Å². The number of benzene rings is 2. The first kappa shape index (κ1) is 36.5. The van der Waals surface area contributed by atoms with E-state index in [2.05, 4.69) is 10.1 Å². The van der Waals surface area contributed by atoms with Gasteiger partial charge in [0.1, 0.15) is 12.4 Å². The van der Waals surface area contributed by atoms with E-state index < -0.39 is 61.9 Å². The zero-order valence-corrected chi connectivity index (χ0v) is 23.1. The number of halogens is 9. The Morgan fingerprint density at radius 3 is 1.98 bits per heavy atom. The maximum Gasteiger partial charge on any atom is 0.460 e. The summed E-state index contributed by atoms with van der Waals surface area (Å²) < 4.78 is 132. The van der Waals surface area contributed by atoms with Gasteiger partial charge in [-0.2, -0.15) is 39.5 Å². The van der Waals surface area contributed by atoms with Gasteiger partial charge in [0.05, 0.1) is 13.2 Å². The molecule has 2 aromatic rings. The molecule has 0 aliphatic carbocycles. The summed E-state index contributed by atoms with van der Waals surface area (Å²) in [5.41, 5.74) is 1.20. The predicted octanol–water partition coefficient (Wildman–Crippen LogP) is 5.75. The number of rotatable bonds is 17. The van der Waals surface area contributed by atoms with Gasteiger partial charge in [-0.05, 0) is 30.2 Å². The van der Waals surface area contributed by atoms with Crippen LogP contribution in [0.1, 0.15) is 18.1 Å². The Kier molecular flexibility index (Phi) is 12.7. The first-order valence-corrected chi connectivity index (χ1v) is 12.9. The van der Waals surface area contributed by atoms with Gasteiger partial charge in [-0.25, -0.2) is 9.59 Å². The van der Waals surface area contributed by atoms with Crippen molar-refractivity contribution in [1.82, 2.24) is 10.2 Å². The largest absolute Gasteiger partial charge is 0.492 e. The molecule has 1 atom stereocenters. The van der Waals surface area contributed by atoms with Crippen LogP contribution in [0, 0.1) is 0 Å². The maximum absolute atomic E-state index is 13.8. The van der Waals surface area contributed by atoms with E-state index in [1.165, 1.54) is 12.1 Å². The lowest BCUT2D eigenvalue weighted by molar-refractivity contribution is -0.443. The van der Waals surface area contributed by atoms with Crippen molar-refractivity contribution in [2.45, 2.75) is 50.1 Å². The smallest absolute Gasteiger partial charge is 0.460 e. The Labute approximate surface area is 245 Å². The number of nitrogens with zero attached hydrogens (tertiary/aromatic N) is 1. The maximum atomic E-state index is 13.8. The molecule has 1 unspecified atom stereocenters. The number of carbonyl (C=O) groups is 2. The highest BCUT2D eigenvalue weighted by Gasteiger charge is 2.82. The van der Waals surface area contributed by atoms with Crippen LogP contribution >= 0.6 is 0 Å². The second-order valence-electron chi connectivity index (χ2n) is 9.12. The quantitative estimate of drug-likeness (QED) is 0.212. The number of aliphatic carboxylic acids is 1. The molecule has 0 aliphatic rings. The molecule has 2 amide bonds. The summed E-state index contributed by atoms with van der Waals surface area (Å²) in [4.78, 5) is 24.7. The molecule has 0 fully saturated rings. The molecule has 246 valence electrons. The fourth-order valence-corrected chi connectivity index (χ4v) is 3.56. The molecule has 0 bridgehead atoms. The van der Waals surface area contributed by atoms with Crippen molar-refractivity contribution < 1.29 is 68.4 Å². The Balaban J connectivity index is 2.05. The molecular formula is C27H29F9N2O6. The molecule has 2 N–H and O–H groups in total. The molecule has 0 spiro atoms. The number of amides is 2. The van der Waals surface area contributed by atoms with Gasteiger partial charge in [-0.3, -0.25) is 0 Å². The van der Waals surface area contributed by atoms with Gasteiger partial charge in [0.2, 0.25) is 0 Å². The van der Waals surface area contributed by atoms with Crippen LogP contribution in [0.4, 0.5) is 44.3 Å². The number of hydrogen-bond donors (Lipinski definition) is 2. The molecular weight excluding hydrogens is 619 g/mol. The number of carbonyl (C=O) groups excluding carboxylic acids is 1. The van der Waals surface area contributed by atoms with Crippen molar-refractivity contribution in [3.05, 3.63) is 65.7 Å². The number of carboxylic acid groups (broad SMARTS) is 1. The van der Waals surface area contributed by atoms with Crippen LogP contribution in [0.2, 0.25) is 0 Å². The second kappa shape index (κ2) is 15.3. The highest BCUT2D eigenvalue weighted by molar-refractivity contribution is 5.74. The number of nitrogens with one attached hydrogen (secondary N) is 1. The minimum Gasteiger partial charge on any atom is -0.492 e. The number of urea groups is 1. The molecule has 8 nitrogen and oxygen atoms in total. The third-order valence-corrected chi connectivity index (χ3v) is 5.95. The Morgan fingerprint density at radius 2 is 1.43 bits per heavy atom. The minimum absolute atomic E-state index is 0.0530. The van der Waals surface area contributed by atoms with E-state index in [9.17, 15) is 54.2 Å². The van der Waals surface area contributed by atoms with Crippen molar-refractivity contribution >= 4 is 12.0 Å². The van der Waals surface area contributed by atoms with E-state index in [0.717, 1.165) is 4.90 Å². The van der Waals surface area contributed by atoms with Crippen LogP contribution in [0.5, 0.6) is 5.75 Å². The Hall–Kier alpha value is -3.73. The number of carboxylic acids is 1. The van der Waals surface area contributed by atoms with E-state index in [-0.39, 0.29) is 31.9 Å². The first-order valence-electron chi connectivity index (χ1n) is 12.9. The molecule has 0 aromatic heterocycles. The average molecular weight is 649 g/mol. The molecule has 0 saturated heterocycles. The summed E-state index contributed by atoms with van der Waals surface area (Å²) in [6, 6.07) is 13.4. The van der Waals surface area contributed by atoms with Crippen molar-refractivity contribution in [3.8, 4) is 5.75 Å². The van der Waals surface area contributed by atoms with E-state index in [1.807, 2.05) is 0 Å². The standard InChI is InChI=1S/C27H29F9N2O6/c1-2-42-21(22(39)40)16-18-8-10-20(11-9-18)43-14-12-38(23(41)37-17-19-6-4-3-5-7-19)13-15-44-27(35,36)25(30,31)24(28,29)26(32,33)34/h3-11,21H,2,12-17H2,1H3,(H,37,41)(H,39,40). The fraction of sp³-hybridized carbons (Fsp3) is 0.481. The van der Waals surface area contributed by atoms with Crippen molar-refractivity contribution in [2.24, 2.45) is 0 Å². The zero-order valence-electron chi connectivity index (χ0n) is 23.1. The van der Waals surface area contributed by atoms with Crippen LogP contribution in [0.15, 0.2) is 54.6 Å². The molecule has 2 aromatic carbocycles. The van der Waals surface area contributed by atoms with E-state index in [4.69, 9.17) is 9.47 Å². The third-order valence-electron chi connectivity index (χ3n) is 5.95. The molecule has 44 heavy (non-hydrogen) atoms. The average Bonchev–Trinajstić information content (AvgIpc) is 2.95. The van der Waals surface area contributed by atoms with Crippen LogP contribution in [0.3, 0.4) is 0 Å². The lowest BCUT2D eigenvalue weighted by atomic mass is 10.1. The molecule has 0 aliphatic heterocycles. The van der Waals surface area contributed by atoms with Crippen LogP contribution in [-0.2, 0) is 27.2 Å². The van der Waals surface area contributed by atoms with Crippen molar-refractivity contribution in [2.75, 3.05) is 32.9 Å². The SMILES string of the molecule is CCOC(Cc1ccc(OCCN(CCOC(F)(F)C(F)(F)C(F)(F)C(F)(F)F)C(=O)NCc2ccccc2)cc1)C(=O)O. The van der Waals surface area contributed by atoms with Crippen LogP contribution < -0.4 is 10.1 Å². The van der Waals surface area contributed by atoms with Gasteiger partial charge < -0.3 is 29.5 Å². The topological polar surface area (TPSA) is 97.3 Å². The molecule has 17 heteroatoms. The number of alkyl halides is 9. The lowest BCUT2D eigenvalue weighted by Crippen LogP contribution is -2.62. The zero-order chi connectivity index (χ0) is 33.2. The number of hydrogen-bond acceptors (Lipinski definition) is 5.